The zero-order valence-electron chi connectivity index (χ0n) is 13.0. The highest BCUT2D eigenvalue weighted by Crippen LogP contribution is 2.35. The zero-order valence-corrected chi connectivity index (χ0v) is 13.0. The van der Waals surface area contributed by atoms with E-state index in [0.717, 1.165) is 0 Å². The summed E-state index contributed by atoms with van der Waals surface area (Å²) in [6.07, 6.45) is 0. The van der Waals surface area contributed by atoms with E-state index < -0.39 is 0 Å². The summed E-state index contributed by atoms with van der Waals surface area (Å²) in [6.45, 7) is 2.23. The van der Waals surface area contributed by atoms with Gasteiger partial charge in [0.25, 0.3) is 0 Å². The molecule has 0 saturated heterocycles. The maximum atomic E-state index is 2.33. The quantitative estimate of drug-likeness (QED) is 0.222. The van der Waals surface area contributed by atoms with Gasteiger partial charge in [0.1, 0.15) is 0 Å². The third-order valence-electron chi connectivity index (χ3n) is 4.90. The first-order valence-electron chi connectivity index (χ1n) is 8.05. The summed E-state index contributed by atoms with van der Waals surface area (Å²) in [5.74, 6) is 0. The van der Waals surface area contributed by atoms with Crippen LogP contribution in [0.3, 0.4) is 0 Å². The predicted molar refractivity (Wildman–Crippen MR) is 101 cm³/mol. The third-order valence-corrected chi connectivity index (χ3v) is 4.90. The molecule has 0 fully saturated rings. The fourth-order valence-electron chi connectivity index (χ4n) is 3.84. The Kier molecular flexibility index (Phi) is 2.51. The lowest BCUT2D eigenvalue weighted by Crippen LogP contribution is -1.85. The van der Waals surface area contributed by atoms with Gasteiger partial charge in [-0.05, 0) is 67.7 Å². The van der Waals surface area contributed by atoms with Crippen molar-refractivity contribution in [2.75, 3.05) is 0 Å². The van der Waals surface area contributed by atoms with Crippen LogP contribution >= 0.6 is 0 Å². The average molecular weight is 292 g/mol. The van der Waals surface area contributed by atoms with Crippen LogP contribution in [0, 0.1) is 6.92 Å². The van der Waals surface area contributed by atoms with Gasteiger partial charge >= 0.3 is 0 Å². The van der Waals surface area contributed by atoms with Crippen molar-refractivity contribution in [2.45, 2.75) is 6.92 Å². The van der Waals surface area contributed by atoms with Gasteiger partial charge in [-0.2, -0.15) is 0 Å². The highest BCUT2D eigenvalue weighted by atomic mass is 14.1. The molecule has 0 atom stereocenters. The van der Waals surface area contributed by atoms with Crippen LogP contribution in [0.1, 0.15) is 5.56 Å². The van der Waals surface area contributed by atoms with Crippen molar-refractivity contribution in [1.82, 2.24) is 0 Å². The van der Waals surface area contributed by atoms with Gasteiger partial charge in [-0.15, -0.1) is 0 Å². The molecule has 0 aliphatic carbocycles. The summed E-state index contributed by atoms with van der Waals surface area (Å²) in [5, 5.41) is 10.7. The monoisotopic (exact) mass is 292 g/mol. The molecule has 0 N–H and O–H groups in total. The number of aryl methyl sites for hydroxylation is 1. The average Bonchev–Trinajstić information content (AvgIpc) is 2.60. The van der Waals surface area contributed by atoms with Gasteiger partial charge in [0, 0.05) is 0 Å². The normalized spacial score (nSPS) is 11.7. The zero-order chi connectivity index (χ0) is 15.4. The summed E-state index contributed by atoms with van der Waals surface area (Å²) in [6, 6.07) is 28.8. The van der Waals surface area contributed by atoms with Crippen LogP contribution in [0.5, 0.6) is 0 Å². The van der Waals surface area contributed by atoms with E-state index in [0.29, 0.717) is 0 Å². The molecule has 0 heteroatoms. The molecule has 0 aromatic heterocycles. The molecule has 0 unspecified atom stereocenters. The van der Waals surface area contributed by atoms with Crippen molar-refractivity contribution in [3.05, 3.63) is 84.4 Å². The van der Waals surface area contributed by atoms with E-state index in [1.807, 2.05) is 0 Å². The topological polar surface area (TPSA) is 0 Å². The molecule has 0 nitrogen and oxygen atoms in total. The van der Waals surface area contributed by atoms with Crippen molar-refractivity contribution in [2.24, 2.45) is 0 Å². The van der Waals surface area contributed by atoms with Crippen molar-refractivity contribution in [3.63, 3.8) is 0 Å². The number of fused-ring (bicyclic) bond motifs is 6. The SMILES string of the molecule is Cc1cc2cc3ccccc3cc2c2ccc3ccccc3c12. The highest BCUT2D eigenvalue weighted by molar-refractivity contribution is 6.20. The van der Waals surface area contributed by atoms with E-state index in [1.54, 1.807) is 0 Å². The minimum atomic E-state index is 1.30. The van der Waals surface area contributed by atoms with Gasteiger partial charge in [-0.1, -0.05) is 66.7 Å². The Labute approximate surface area is 135 Å². The maximum absolute atomic E-state index is 2.33. The molecule has 108 valence electrons. The molecule has 5 aromatic carbocycles. The fourth-order valence-corrected chi connectivity index (χ4v) is 3.84. The molecule has 0 radical (unpaired) electrons. The Morgan fingerprint density at radius 2 is 1.17 bits per heavy atom. The molecule has 0 saturated carbocycles. The van der Waals surface area contributed by atoms with Gasteiger partial charge in [0.2, 0.25) is 0 Å². The van der Waals surface area contributed by atoms with Crippen LogP contribution in [0.2, 0.25) is 0 Å². The number of benzene rings is 5. The van der Waals surface area contributed by atoms with Crippen LogP contribution in [-0.4, -0.2) is 0 Å². The van der Waals surface area contributed by atoms with Crippen LogP contribution in [0.4, 0.5) is 0 Å². The largest absolute Gasteiger partial charge is 0.0616 e. The van der Waals surface area contributed by atoms with E-state index in [4.69, 9.17) is 0 Å². The molecular weight excluding hydrogens is 276 g/mol. The van der Waals surface area contributed by atoms with Gasteiger partial charge in [-0.25, -0.2) is 0 Å². The van der Waals surface area contributed by atoms with E-state index in [1.165, 1.54) is 48.7 Å². The van der Waals surface area contributed by atoms with Gasteiger partial charge in [0.05, 0.1) is 0 Å². The van der Waals surface area contributed by atoms with Crippen LogP contribution in [0.25, 0.3) is 43.1 Å². The first-order valence-corrected chi connectivity index (χ1v) is 8.05. The molecule has 0 spiro atoms. The van der Waals surface area contributed by atoms with E-state index in [9.17, 15) is 0 Å². The molecule has 0 aliphatic rings. The van der Waals surface area contributed by atoms with E-state index in [2.05, 4.69) is 85.8 Å². The first-order chi connectivity index (χ1) is 11.3. The molecular formula is C23H16. The Hall–Kier alpha value is -2.86. The number of hydrogen-bond acceptors (Lipinski definition) is 0. The minimum Gasteiger partial charge on any atom is -0.0616 e. The molecule has 0 heterocycles. The number of hydrogen-bond donors (Lipinski definition) is 0. The first kappa shape index (κ1) is 12.7. The molecule has 23 heavy (non-hydrogen) atoms. The molecule has 5 aromatic rings. The smallest absolute Gasteiger partial charge is 0.00697 e. The van der Waals surface area contributed by atoms with Crippen LogP contribution < -0.4 is 0 Å². The Morgan fingerprint density at radius 1 is 0.478 bits per heavy atom. The molecule has 0 amide bonds. The maximum Gasteiger partial charge on any atom is -0.00697 e. The summed E-state index contributed by atoms with van der Waals surface area (Å²) in [5.41, 5.74) is 1.35. The Morgan fingerprint density at radius 3 is 2.00 bits per heavy atom. The van der Waals surface area contributed by atoms with Crippen molar-refractivity contribution in [3.8, 4) is 0 Å². The minimum absolute atomic E-state index is 1.30. The molecule has 0 bridgehead atoms. The Bertz CT molecular complexity index is 1210. The standard InChI is InChI=1S/C23H16/c1-15-12-19-13-17-7-2-3-8-18(17)14-22(19)21-11-10-16-6-4-5-9-20(16)23(15)21/h2-14H,1H3. The third kappa shape index (κ3) is 1.78. The summed E-state index contributed by atoms with van der Waals surface area (Å²) in [7, 11) is 0. The lowest BCUT2D eigenvalue weighted by Gasteiger charge is -2.12. The second-order valence-corrected chi connectivity index (χ2v) is 6.32. The van der Waals surface area contributed by atoms with Crippen molar-refractivity contribution in [1.29, 1.82) is 0 Å². The summed E-state index contributed by atoms with van der Waals surface area (Å²) >= 11 is 0. The second kappa shape index (κ2) is 4.57. The van der Waals surface area contributed by atoms with Gasteiger partial charge in [0.15, 0.2) is 0 Å². The summed E-state index contributed by atoms with van der Waals surface area (Å²) < 4.78 is 0. The highest BCUT2D eigenvalue weighted by Gasteiger charge is 2.08. The lowest BCUT2D eigenvalue weighted by atomic mass is 9.92. The van der Waals surface area contributed by atoms with Crippen LogP contribution in [0.15, 0.2) is 78.9 Å². The van der Waals surface area contributed by atoms with E-state index >= 15 is 0 Å². The number of rotatable bonds is 0. The van der Waals surface area contributed by atoms with E-state index in [-0.39, 0.29) is 0 Å². The summed E-state index contributed by atoms with van der Waals surface area (Å²) in [4.78, 5) is 0. The molecule has 5 rings (SSSR count). The second-order valence-electron chi connectivity index (χ2n) is 6.32. The van der Waals surface area contributed by atoms with Crippen LogP contribution in [-0.2, 0) is 0 Å². The predicted octanol–water partition coefficient (Wildman–Crippen LogP) is 6.61. The van der Waals surface area contributed by atoms with Crippen molar-refractivity contribution < 1.29 is 0 Å². The van der Waals surface area contributed by atoms with Gasteiger partial charge < -0.3 is 0 Å². The Balaban J connectivity index is 2.06. The van der Waals surface area contributed by atoms with Crippen molar-refractivity contribution >= 4 is 43.1 Å². The van der Waals surface area contributed by atoms with Gasteiger partial charge in [-0.3, -0.25) is 0 Å². The fraction of sp³-hybridized carbons (Fsp3) is 0.0435. The molecule has 0 aliphatic heterocycles. The lowest BCUT2D eigenvalue weighted by molar-refractivity contribution is 1.57.